The Hall–Kier alpha value is -0.0400. The van der Waals surface area contributed by atoms with E-state index in [9.17, 15) is 0 Å². The van der Waals surface area contributed by atoms with Gasteiger partial charge in [-0.3, -0.25) is 9.89 Å². The van der Waals surface area contributed by atoms with E-state index in [2.05, 4.69) is 48.2 Å². The molecule has 0 aromatic rings. The van der Waals surface area contributed by atoms with Crippen molar-refractivity contribution in [3.05, 3.63) is 0 Å². The van der Waals surface area contributed by atoms with Crippen LogP contribution >= 0.6 is 24.0 Å². The molecule has 0 unspecified atom stereocenters. The number of hydrogen-bond donors (Lipinski definition) is 2. The maximum absolute atomic E-state index is 4.25. The van der Waals surface area contributed by atoms with Crippen molar-refractivity contribution in [2.75, 3.05) is 26.7 Å². The van der Waals surface area contributed by atoms with Gasteiger partial charge in [-0.05, 0) is 53.6 Å². The third-order valence-electron chi connectivity index (χ3n) is 3.55. The van der Waals surface area contributed by atoms with Crippen LogP contribution in [0.2, 0.25) is 0 Å². The van der Waals surface area contributed by atoms with Gasteiger partial charge < -0.3 is 10.6 Å². The van der Waals surface area contributed by atoms with E-state index in [-0.39, 0.29) is 29.5 Å². The van der Waals surface area contributed by atoms with Crippen molar-refractivity contribution in [3.8, 4) is 0 Å². The van der Waals surface area contributed by atoms with Crippen LogP contribution in [0.4, 0.5) is 0 Å². The predicted octanol–water partition coefficient (Wildman–Crippen LogP) is 2.44. The molecule has 0 spiro atoms. The quantitative estimate of drug-likeness (QED) is 0.446. The van der Waals surface area contributed by atoms with E-state index in [0.29, 0.717) is 6.04 Å². The normalized spacial score (nSPS) is 18.1. The maximum Gasteiger partial charge on any atom is 0.191 e. The zero-order valence-corrected chi connectivity index (χ0v) is 15.5. The molecule has 1 heterocycles. The Kier molecular flexibility index (Phi) is 8.98. The average molecular weight is 382 g/mol. The lowest BCUT2D eigenvalue weighted by Gasteiger charge is -2.41. The molecule has 0 saturated carbocycles. The minimum Gasteiger partial charge on any atom is -0.355 e. The first kappa shape index (κ1) is 19.0. The van der Waals surface area contributed by atoms with E-state index in [1.54, 1.807) is 0 Å². The predicted molar refractivity (Wildman–Crippen MR) is 94.6 cm³/mol. The van der Waals surface area contributed by atoms with Crippen LogP contribution in [0.1, 0.15) is 47.0 Å². The van der Waals surface area contributed by atoms with E-state index < -0.39 is 0 Å². The van der Waals surface area contributed by atoms with E-state index in [0.717, 1.165) is 12.5 Å². The highest BCUT2D eigenvalue weighted by Crippen LogP contribution is 2.19. The summed E-state index contributed by atoms with van der Waals surface area (Å²) in [6.45, 7) is 12.3. The molecule has 1 saturated heterocycles. The second-order valence-corrected chi connectivity index (χ2v) is 6.08. The number of nitrogens with one attached hydrogen (secondary N) is 2. The molecular weight excluding hydrogens is 351 g/mol. The molecule has 0 amide bonds. The summed E-state index contributed by atoms with van der Waals surface area (Å²) in [6, 6.07) is 0.411. The molecule has 0 aromatic carbocycles. The molecule has 1 aliphatic rings. The van der Waals surface area contributed by atoms with Crippen LogP contribution < -0.4 is 10.6 Å². The minimum atomic E-state index is 0. The van der Waals surface area contributed by atoms with Crippen molar-refractivity contribution in [1.29, 1.82) is 0 Å². The van der Waals surface area contributed by atoms with Gasteiger partial charge in [0.15, 0.2) is 5.96 Å². The van der Waals surface area contributed by atoms with E-state index in [1.165, 1.54) is 32.4 Å². The number of likely N-dealkylation sites (tertiary alicyclic amines) is 1. The molecule has 4 nitrogen and oxygen atoms in total. The van der Waals surface area contributed by atoms with Crippen LogP contribution in [0.25, 0.3) is 0 Å². The van der Waals surface area contributed by atoms with Crippen LogP contribution in [-0.4, -0.2) is 49.1 Å². The Labute approximate surface area is 135 Å². The van der Waals surface area contributed by atoms with Crippen LogP contribution in [0.5, 0.6) is 0 Å². The van der Waals surface area contributed by atoms with Gasteiger partial charge in [-0.25, -0.2) is 0 Å². The molecule has 19 heavy (non-hydrogen) atoms. The fourth-order valence-electron chi connectivity index (χ4n) is 2.38. The summed E-state index contributed by atoms with van der Waals surface area (Å²) in [7, 11) is 1.83. The highest BCUT2D eigenvalue weighted by molar-refractivity contribution is 14.0. The Morgan fingerprint density at radius 2 is 1.79 bits per heavy atom. The largest absolute Gasteiger partial charge is 0.355 e. The summed E-state index contributed by atoms with van der Waals surface area (Å²) < 4.78 is 0. The van der Waals surface area contributed by atoms with Crippen LogP contribution in [0, 0.1) is 0 Å². The molecule has 1 fully saturated rings. The summed E-state index contributed by atoms with van der Waals surface area (Å²) in [5.41, 5.74) is 0.190. The van der Waals surface area contributed by atoms with Crippen molar-refractivity contribution >= 4 is 29.9 Å². The molecule has 2 N–H and O–H groups in total. The van der Waals surface area contributed by atoms with Crippen molar-refractivity contribution in [2.45, 2.75) is 58.5 Å². The van der Waals surface area contributed by atoms with Gasteiger partial charge in [0.25, 0.3) is 0 Å². The SMILES string of the molecule is CN=C(NCC(C)(C)N1CCCCC1)NC(C)C.I. The number of guanidine groups is 1. The van der Waals surface area contributed by atoms with E-state index in [1.807, 2.05) is 7.05 Å². The summed E-state index contributed by atoms with van der Waals surface area (Å²) in [5, 5.41) is 6.76. The molecule has 0 aliphatic carbocycles. The molecule has 1 rings (SSSR count). The van der Waals surface area contributed by atoms with Gasteiger partial charge in [0.1, 0.15) is 0 Å². The van der Waals surface area contributed by atoms with Gasteiger partial charge in [-0.2, -0.15) is 0 Å². The van der Waals surface area contributed by atoms with Gasteiger partial charge >= 0.3 is 0 Å². The first-order valence-electron chi connectivity index (χ1n) is 7.18. The fourth-order valence-corrected chi connectivity index (χ4v) is 2.38. The van der Waals surface area contributed by atoms with Crippen LogP contribution in [0.15, 0.2) is 4.99 Å². The number of piperidine rings is 1. The molecular formula is C14H31IN4. The first-order valence-corrected chi connectivity index (χ1v) is 7.18. The van der Waals surface area contributed by atoms with Crippen LogP contribution in [-0.2, 0) is 0 Å². The highest BCUT2D eigenvalue weighted by Gasteiger charge is 2.27. The lowest BCUT2D eigenvalue weighted by molar-refractivity contribution is 0.0982. The van der Waals surface area contributed by atoms with Crippen molar-refractivity contribution in [1.82, 2.24) is 15.5 Å². The molecule has 5 heteroatoms. The minimum absolute atomic E-state index is 0. The summed E-state index contributed by atoms with van der Waals surface area (Å²) in [4.78, 5) is 6.84. The zero-order chi connectivity index (χ0) is 13.6. The topological polar surface area (TPSA) is 39.7 Å². The van der Waals surface area contributed by atoms with Gasteiger partial charge in [0.2, 0.25) is 0 Å². The molecule has 1 aliphatic heterocycles. The number of aliphatic imine (C=N–C) groups is 1. The fraction of sp³-hybridized carbons (Fsp3) is 0.929. The summed E-state index contributed by atoms with van der Waals surface area (Å²) in [6.07, 6.45) is 4.06. The number of nitrogens with zero attached hydrogens (tertiary/aromatic N) is 2. The molecule has 0 aromatic heterocycles. The van der Waals surface area contributed by atoms with E-state index >= 15 is 0 Å². The average Bonchev–Trinajstić information content (AvgIpc) is 2.35. The first-order chi connectivity index (χ1) is 8.45. The second-order valence-electron chi connectivity index (χ2n) is 6.08. The lowest BCUT2D eigenvalue weighted by atomic mass is 9.98. The monoisotopic (exact) mass is 382 g/mol. The smallest absolute Gasteiger partial charge is 0.191 e. The van der Waals surface area contributed by atoms with E-state index in [4.69, 9.17) is 0 Å². The number of halogens is 1. The molecule has 0 bridgehead atoms. The lowest BCUT2D eigenvalue weighted by Crippen LogP contribution is -2.55. The summed E-state index contributed by atoms with van der Waals surface area (Å²) in [5.74, 6) is 0.898. The van der Waals surface area contributed by atoms with Gasteiger partial charge in [-0.1, -0.05) is 6.42 Å². The van der Waals surface area contributed by atoms with Crippen molar-refractivity contribution in [2.24, 2.45) is 4.99 Å². The third kappa shape index (κ3) is 6.79. The van der Waals surface area contributed by atoms with Crippen LogP contribution in [0.3, 0.4) is 0 Å². The van der Waals surface area contributed by atoms with Gasteiger partial charge in [0, 0.05) is 25.2 Å². The van der Waals surface area contributed by atoms with Gasteiger partial charge in [0.05, 0.1) is 0 Å². The molecule has 114 valence electrons. The standard InChI is InChI=1S/C14H30N4.HI/c1-12(2)17-13(15-5)16-11-14(3,4)18-9-7-6-8-10-18;/h12H,6-11H2,1-5H3,(H2,15,16,17);1H. The number of hydrogen-bond acceptors (Lipinski definition) is 2. The molecule has 0 atom stereocenters. The Morgan fingerprint density at radius 1 is 1.21 bits per heavy atom. The Bertz CT molecular complexity index is 271. The maximum atomic E-state index is 4.25. The number of rotatable bonds is 4. The zero-order valence-electron chi connectivity index (χ0n) is 13.1. The third-order valence-corrected chi connectivity index (χ3v) is 3.55. The van der Waals surface area contributed by atoms with Gasteiger partial charge in [-0.15, -0.1) is 24.0 Å². The second kappa shape index (κ2) is 9.00. The van der Waals surface area contributed by atoms with Crippen molar-refractivity contribution in [3.63, 3.8) is 0 Å². The summed E-state index contributed by atoms with van der Waals surface area (Å²) >= 11 is 0. The Morgan fingerprint density at radius 3 is 2.26 bits per heavy atom. The van der Waals surface area contributed by atoms with Crippen molar-refractivity contribution < 1.29 is 0 Å². The highest BCUT2D eigenvalue weighted by atomic mass is 127. The Balaban J connectivity index is 0.00000324. The molecule has 0 radical (unpaired) electrons.